The summed E-state index contributed by atoms with van der Waals surface area (Å²) in [6.07, 6.45) is 4.30. The number of aromatic nitrogens is 1. The van der Waals surface area contributed by atoms with E-state index in [9.17, 15) is 0 Å². The van der Waals surface area contributed by atoms with Crippen molar-refractivity contribution in [1.29, 1.82) is 0 Å². The van der Waals surface area contributed by atoms with Crippen molar-refractivity contribution in [3.8, 4) is 11.3 Å². The average Bonchev–Trinajstić information content (AvgIpc) is 3.23. The van der Waals surface area contributed by atoms with E-state index < -0.39 is 0 Å². The third-order valence-corrected chi connectivity index (χ3v) is 4.92. The third-order valence-electron chi connectivity index (χ3n) is 4.92. The molecule has 6 rings (SSSR count). The Morgan fingerprint density at radius 1 is 0.808 bits per heavy atom. The summed E-state index contributed by atoms with van der Waals surface area (Å²) in [5, 5.41) is 3.45. The summed E-state index contributed by atoms with van der Waals surface area (Å²) in [4.78, 5) is 4.85. The van der Waals surface area contributed by atoms with Crippen LogP contribution in [-0.4, -0.2) is 4.98 Å². The second-order valence-electron chi connectivity index (χ2n) is 6.39. The first-order chi connectivity index (χ1) is 12.4. The van der Waals surface area contributed by atoms with Gasteiger partial charge in [-0.3, -0.25) is 4.98 Å². The Labute approximate surface area is 163 Å². The largest absolute Gasteiger partial charge is 0.476 e. The summed E-state index contributed by atoms with van der Waals surface area (Å²) in [5.41, 5.74) is 7.13. The molecule has 3 aromatic carbocycles. The van der Waals surface area contributed by atoms with E-state index in [0.29, 0.717) is 0 Å². The van der Waals surface area contributed by atoms with Crippen LogP contribution in [0.4, 0.5) is 0 Å². The van der Waals surface area contributed by atoms with Crippen LogP contribution in [0.15, 0.2) is 65.1 Å². The smallest absolute Gasteiger partial charge is 0.123 e. The molecule has 0 bridgehead atoms. The second-order valence-corrected chi connectivity index (χ2v) is 6.39. The van der Waals surface area contributed by atoms with Gasteiger partial charge in [-0.25, -0.2) is 0 Å². The van der Waals surface area contributed by atoms with Crippen molar-refractivity contribution < 1.29 is 24.5 Å². The predicted molar refractivity (Wildman–Crippen MR) is 102 cm³/mol. The molecule has 1 radical (unpaired) electrons. The first-order valence-electron chi connectivity index (χ1n) is 8.32. The molecule has 0 N–H and O–H groups in total. The molecule has 3 heteroatoms. The van der Waals surface area contributed by atoms with Crippen LogP contribution in [0.3, 0.4) is 0 Å². The molecule has 0 saturated carbocycles. The first kappa shape index (κ1) is 15.5. The van der Waals surface area contributed by atoms with Gasteiger partial charge in [-0.1, -0.05) is 60.0 Å². The molecule has 0 fully saturated rings. The van der Waals surface area contributed by atoms with E-state index in [1.807, 2.05) is 30.3 Å². The molecule has 2 heterocycles. The maximum absolute atomic E-state index is 6.01. The van der Waals surface area contributed by atoms with Gasteiger partial charge in [0, 0.05) is 25.5 Å². The average molecular weight is 511 g/mol. The fraction of sp³-hybridized carbons (Fsp3) is 0. The quantitative estimate of drug-likeness (QED) is 0.251. The van der Waals surface area contributed by atoms with Crippen LogP contribution in [-0.2, 0) is 20.1 Å². The number of para-hydroxylation sites is 1. The fourth-order valence-corrected chi connectivity index (χ4v) is 3.75. The number of fused-ring (bicyclic) bond motifs is 3. The van der Waals surface area contributed by atoms with Crippen molar-refractivity contribution in [2.75, 3.05) is 0 Å². The molecule has 2 nitrogen and oxygen atoms in total. The molecule has 0 spiro atoms. The summed E-state index contributed by atoms with van der Waals surface area (Å²) in [6.45, 7) is 0. The Hall–Kier alpha value is -2.74. The normalized spacial score (nSPS) is 12.2. The van der Waals surface area contributed by atoms with Crippen molar-refractivity contribution in [1.82, 2.24) is 4.98 Å². The summed E-state index contributed by atoms with van der Waals surface area (Å²) < 4.78 is 6.01. The molecular weight excluding hydrogens is 498 g/mol. The van der Waals surface area contributed by atoms with Crippen molar-refractivity contribution >= 4 is 45.0 Å². The summed E-state index contributed by atoms with van der Waals surface area (Å²) in [5.74, 6) is 0. The Morgan fingerprint density at radius 3 is 2.65 bits per heavy atom. The third kappa shape index (κ3) is 2.11. The topological polar surface area (TPSA) is 26.0 Å². The number of nitrogens with zero attached hydrogens (tertiary/aromatic N) is 1. The van der Waals surface area contributed by atoms with Gasteiger partial charge in [-0.2, -0.15) is 0 Å². The molecule has 0 atom stereocenters. The van der Waals surface area contributed by atoms with Gasteiger partial charge < -0.3 is 4.42 Å². The number of hydrogen-bond donors (Lipinski definition) is 0. The fourth-order valence-electron chi connectivity index (χ4n) is 3.75. The van der Waals surface area contributed by atoms with Crippen LogP contribution in [0.2, 0.25) is 0 Å². The van der Waals surface area contributed by atoms with Gasteiger partial charge in [0.2, 0.25) is 0 Å². The second kappa shape index (κ2) is 5.63. The van der Waals surface area contributed by atoms with Crippen LogP contribution in [0, 0.1) is 6.07 Å². The van der Waals surface area contributed by atoms with Gasteiger partial charge in [-0.15, -0.1) is 17.7 Å². The standard InChI is InChI=1S/C23H12NO.Ir/c1-2-7-21-17(5-1)18-11-10-15(13-22(18)25-21)20-12-16-9-8-14-4-3-6-19(24-20)23(14)16;/h1-9,11-13H;/q-1;. The predicted octanol–water partition coefficient (Wildman–Crippen LogP) is 6.08. The zero-order chi connectivity index (χ0) is 16.4. The molecule has 1 aliphatic rings. The molecule has 2 aromatic heterocycles. The van der Waals surface area contributed by atoms with Crippen molar-refractivity contribution in [2.24, 2.45) is 0 Å². The van der Waals surface area contributed by atoms with Crippen LogP contribution >= 0.6 is 0 Å². The van der Waals surface area contributed by atoms with Crippen molar-refractivity contribution in [3.63, 3.8) is 0 Å². The van der Waals surface area contributed by atoms with Gasteiger partial charge in [0.05, 0.1) is 11.1 Å². The molecule has 125 valence electrons. The minimum atomic E-state index is 0. The van der Waals surface area contributed by atoms with Crippen LogP contribution in [0.1, 0.15) is 11.1 Å². The first-order valence-corrected chi connectivity index (χ1v) is 8.32. The molecule has 5 aromatic rings. The van der Waals surface area contributed by atoms with Gasteiger partial charge >= 0.3 is 0 Å². The van der Waals surface area contributed by atoms with E-state index in [1.165, 1.54) is 16.5 Å². The zero-order valence-corrected chi connectivity index (χ0v) is 16.0. The van der Waals surface area contributed by atoms with E-state index in [-0.39, 0.29) is 20.1 Å². The van der Waals surface area contributed by atoms with E-state index in [1.54, 1.807) is 0 Å². The maximum Gasteiger partial charge on any atom is 0.123 e. The van der Waals surface area contributed by atoms with E-state index in [0.717, 1.165) is 38.7 Å². The van der Waals surface area contributed by atoms with Gasteiger partial charge in [0.25, 0.3) is 0 Å². The van der Waals surface area contributed by atoms with E-state index >= 15 is 0 Å². The summed E-state index contributed by atoms with van der Waals surface area (Å²) in [7, 11) is 0. The van der Waals surface area contributed by atoms with Gasteiger partial charge in [-0.05, 0) is 34.3 Å². The number of rotatable bonds is 1. The van der Waals surface area contributed by atoms with E-state index in [4.69, 9.17) is 9.40 Å². The Bertz CT molecular complexity index is 1350. The minimum absolute atomic E-state index is 0. The molecule has 0 saturated heterocycles. The SMILES string of the molecule is [Ir].[c-]1cc2c(cc1-c1cc3c4c(cccc4n1)C=C3)oc1ccccc12. The Kier molecular flexibility index (Phi) is 3.36. The number of furan rings is 1. The Balaban J connectivity index is 0.00000150. The maximum atomic E-state index is 6.01. The molecule has 0 aliphatic heterocycles. The Morgan fingerprint density at radius 2 is 1.69 bits per heavy atom. The van der Waals surface area contributed by atoms with Crippen molar-refractivity contribution in [3.05, 3.63) is 77.9 Å². The van der Waals surface area contributed by atoms with Crippen LogP contribution < -0.4 is 0 Å². The zero-order valence-electron chi connectivity index (χ0n) is 13.6. The van der Waals surface area contributed by atoms with E-state index in [2.05, 4.69) is 48.6 Å². The molecule has 26 heavy (non-hydrogen) atoms. The van der Waals surface area contributed by atoms with Gasteiger partial charge in [0.15, 0.2) is 0 Å². The number of benzene rings is 3. The van der Waals surface area contributed by atoms with Crippen LogP contribution in [0.5, 0.6) is 0 Å². The molecular formula is C23H12IrNO-. The summed E-state index contributed by atoms with van der Waals surface area (Å²) in [6, 6.07) is 23.9. The minimum Gasteiger partial charge on any atom is -0.476 e. The monoisotopic (exact) mass is 511 g/mol. The number of pyridine rings is 1. The van der Waals surface area contributed by atoms with Gasteiger partial charge in [0.1, 0.15) is 5.58 Å². The molecule has 0 unspecified atom stereocenters. The van der Waals surface area contributed by atoms with Crippen LogP contribution in [0.25, 0.3) is 56.3 Å². The molecule has 1 aliphatic carbocycles. The number of hydrogen-bond acceptors (Lipinski definition) is 2. The summed E-state index contributed by atoms with van der Waals surface area (Å²) >= 11 is 0. The molecule has 0 amide bonds. The van der Waals surface area contributed by atoms with Crippen molar-refractivity contribution in [2.45, 2.75) is 0 Å².